The molecule has 0 spiro atoms. The summed E-state index contributed by atoms with van der Waals surface area (Å²) in [5.41, 5.74) is -5.07. The summed E-state index contributed by atoms with van der Waals surface area (Å²) >= 11 is 5.12. The molecule has 19 heavy (non-hydrogen) atoms. The van der Waals surface area contributed by atoms with Gasteiger partial charge in [0, 0.05) is 18.5 Å². The Morgan fingerprint density at radius 2 is 2.05 bits per heavy atom. The molecule has 0 aliphatic carbocycles. The van der Waals surface area contributed by atoms with E-state index in [1.807, 2.05) is 4.72 Å². The number of aromatic amines is 1. The number of thioether (sulfide) groups is 1. The molecule has 1 rings (SSSR count). The largest absolute Gasteiger partial charge is 0.441 e. The van der Waals surface area contributed by atoms with Gasteiger partial charge in [-0.05, 0) is 17.8 Å². The minimum absolute atomic E-state index is 0.325. The highest BCUT2D eigenvalue weighted by molar-refractivity contribution is 8.00. The standard InChI is InChI=1S/C8H8ClF3N2O3S2/c9-6-3-5(4-13-7(6)15)19(16,17)14-1-2-18-8(10,11)12/h3-4,14H,1-2H2,(H,13,15). The average Bonchev–Trinajstić information content (AvgIpc) is 2.27. The highest BCUT2D eigenvalue weighted by atomic mass is 35.5. The van der Waals surface area contributed by atoms with Crippen LogP contribution in [0.5, 0.6) is 0 Å². The molecule has 2 N–H and O–H groups in total. The van der Waals surface area contributed by atoms with E-state index in [4.69, 9.17) is 11.6 Å². The molecule has 1 heterocycles. The van der Waals surface area contributed by atoms with Crippen molar-refractivity contribution >= 4 is 33.4 Å². The van der Waals surface area contributed by atoms with Crippen molar-refractivity contribution < 1.29 is 21.6 Å². The molecule has 0 amide bonds. The molecule has 0 saturated heterocycles. The van der Waals surface area contributed by atoms with Crippen molar-refractivity contribution in [2.24, 2.45) is 0 Å². The number of pyridine rings is 1. The van der Waals surface area contributed by atoms with Gasteiger partial charge in [0.15, 0.2) is 0 Å². The number of halogens is 4. The number of hydrogen-bond donors (Lipinski definition) is 2. The fourth-order valence-corrected chi connectivity index (χ4v) is 2.85. The highest BCUT2D eigenvalue weighted by Gasteiger charge is 2.27. The Balaban J connectivity index is 2.66. The molecule has 11 heteroatoms. The highest BCUT2D eigenvalue weighted by Crippen LogP contribution is 2.29. The molecule has 0 saturated carbocycles. The first kappa shape index (κ1) is 16.3. The quantitative estimate of drug-likeness (QED) is 0.800. The van der Waals surface area contributed by atoms with Gasteiger partial charge in [-0.1, -0.05) is 11.6 Å². The molecule has 0 fully saturated rings. The summed E-state index contributed by atoms with van der Waals surface area (Å²) < 4.78 is 60.7. The lowest BCUT2D eigenvalue weighted by Crippen LogP contribution is -2.27. The second-order valence-electron chi connectivity index (χ2n) is 3.20. The first-order valence-electron chi connectivity index (χ1n) is 4.70. The van der Waals surface area contributed by atoms with Crippen molar-refractivity contribution in [2.75, 3.05) is 12.3 Å². The summed E-state index contributed by atoms with van der Waals surface area (Å²) in [7, 11) is -4.00. The van der Waals surface area contributed by atoms with Gasteiger partial charge in [0.1, 0.15) is 5.02 Å². The topological polar surface area (TPSA) is 79.0 Å². The normalized spacial score (nSPS) is 12.6. The Kier molecular flexibility index (Phi) is 5.30. The number of aromatic nitrogens is 1. The summed E-state index contributed by atoms with van der Waals surface area (Å²) in [6.45, 7) is -0.400. The molecule has 1 aromatic heterocycles. The number of sulfonamides is 1. The Hall–Kier alpha value is -0.710. The lowest BCUT2D eigenvalue weighted by atomic mass is 10.5. The van der Waals surface area contributed by atoms with Gasteiger partial charge in [-0.15, -0.1) is 0 Å². The van der Waals surface area contributed by atoms with Gasteiger partial charge in [0.2, 0.25) is 10.0 Å². The molecule has 0 aliphatic heterocycles. The van der Waals surface area contributed by atoms with Crippen LogP contribution in [-0.2, 0) is 10.0 Å². The zero-order chi connectivity index (χ0) is 14.7. The Morgan fingerprint density at radius 3 is 2.58 bits per heavy atom. The van der Waals surface area contributed by atoms with Gasteiger partial charge in [-0.3, -0.25) is 4.79 Å². The third kappa shape index (κ3) is 5.43. The van der Waals surface area contributed by atoms with Crippen LogP contribution in [0.1, 0.15) is 0 Å². The maximum Gasteiger partial charge on any atom is 0.441 e. The maximum absolute atomic E-state index is 11.8. The lowest BCUT2D eigenvalue weighted by Gasteiger charge is -2.08. The summed E-state index contributed by atoms with van der Waals surface area (Å²) in [6, 6.07) is 0.916. The Labute approximate surface area is 115 Å². The molecule has 108 valence electrons. The van der Waals surface area contributed by atoms with Gasteiger partial charge in [-0.25, -0.2) is 13.1 Å². The van der Waals surface area contributed by atoms with Crippen LogP contribution >= 0.6 is 23.4 Å². The van der Waals surface area contributed by atoms with E-state index >= 15 is 0 Å². The Bertz CT molecular complexity index is 600. The van der Waals surface area contributed by atoms with E-state index < -0.39 is 33.4 Å². The zero-order valence-corrected chi connectivity index (χ0v) is 11.5. The zero-order valence-electron chi connectivity index (χ0n) is 9.12. The van der Waals surface area contributed by atoms with Gasteiger partial charge in [0.05, 0.1) is 4.90 Å². The molecule has 0 aromatic carbocycles. The minimum atomic E-state index is -4.41. The lowest BCUT2D eigenvalue weighted by molar-refractivity contribution is -0.0327. The third-order valence-corrected chi connectivity index (χ3v) is 4.26. The first-order valence-corrected chi connectivity index (χ1v) is 7.55. The fraction of sp³-hybridized carbons (Fsp3) is 0.375. The van der Waals surface area contributed by atoms with Crippen LogP contribution in [0.25, 0.3) is 0 Å². The van der Waals surface area contributed by atoms with Crippen LogP contribution in [0, 0.1) is 0 Å². The summed E-state index contributed by atoms with van der Waals surface area (Å²) in [5, 5.41) is -0.326. The van der Waals surface area contributed by atoms with E-state index in [0.29, 0.717) is 0 Å². The average molecular weight is 337 g/mol. The number of hydrogen-bond acceptors (Lipinski definition) is 4. The van der Waals surface area contributed by atoms with Crippen LogP contribution in [0.15, 0.2) is 22.0 Å². The van der Waals surface area contributed by atoms with E-state index in [1.165, 1.54) is 0 Å². The minimum Gasteiger partial charge on any atom is -0.326 e. The molecule has 0 radical (unpaired) electrons. The van der Waals surface area contributed by atoms with Gasteiger partial charge in [0.25, 0.3) is 5.56 Å². The van der Waals surface area contributed by atoms with E-state index in [9.17, 15) is 26.4 Å². The molecular formula is C8H8ClF3N2O3S2. The van der Waals surface area contributed by atoms with Crippen LogP contribution in [0.3, 0.4) is 0 Å². The molecule has 0 aliphatic rings. The van der Waals surface area contributed by atoms with Gasteiger partial charge >= 0.3 is 5.51 Å². The monoisotopic (exact) mass is 336 g/mol. The van der Waals surface area contributed by atoms with E-state index in [0.717, 1.165) is 12.3 Å². The SMILES string of the molecule is O=c1[nH]cc(S(=O)(=O)NCCSC(F)(F)F)cc1Cl. The van der Waals surface area contributed by atoms with Crippen LogP contribution in [0.4, 0.5) is 13.2 Å². The van der Waals surface area contributed by atoms with Crippen LogP contribution in [0.2, 0.25) is 5.02 Å². The van der Waals surface area contributed by atoms with E-state index in [-0.39, 0.29) is 21.7 Å². The second-order valence-corrected chi connectivity index (χ2v) is 6.54. The van der Waals surface area contributed by atoms with Crippen molar-refractivity contribution in [1.29, 1.82) is 0 Å². The number of H-pyrrole nitrogens is 1. The molecule has 0 bridgehead atoms. The summed E-state index contributed by atoms with van der Waals surface area (Å²) in [4.78, 5) is 12.7. The fourth-order valence-electron chi connectivity index (χ4n) is 1.02. The smallest absolute Gasteiger partial charge is 0.326 e. The maximum atomic E-state index is 11.8. The predicted molar refractivity (Wildman–Crippen MR) is 65.8 cm³/mol. The third-order valence-electron chi connectivity index (χ3n) is 1.80. The van der Waals surface area contributed by atoms with Crippen LogP contribution in [-0.4, -0.2) is 31.2 Å². The summed E-state index contributed by atoms with van der Waals surface area (Å²) in [5.74, 6) is -0.459. The van der Waals surface area contributed by atoms with Crippen molar-refractivity contribution in [1.82, 2.24) is 9.71 Å². The van der Waals surface area contributed by atoms with Crippen molar-refractivity contribution in [2.45, 2.75) is 10.4 Å². The molecular weight excluding hydrogens is 329 g/mol. The van der Waals surface area contributed by atoms with Gasteiger partial charge in [-0.2, -0.15) is 13.2 Å². The summed E-state index contributed by atoms with van der Waals surface area (Å²) in [6.07, 6.45) is 0.910. The molecule has 0 unspecified atom stereocenters. The molecule has 1 aromatic rings. The van der Waals surface area contributed by atoms with E-state index in [2.05, 4.69) is 4.98 Å². The first-order chi connectivity index (χ1) is 8.62. The van der Waals surface area contributed by atoms with Crippen molar-refractivity contribution in [3.8, 4) is 0 Å². The predicted octanol–water partition coefficient (Wildman–Crippen LogP) is 1.56. The van der Waals surface area contributed by atoms with Gasteiger partial charge < -0.3 is 4.98 Å². The van der Waals surface area contributed by atoms with Crippen molar-refractivity contribution in [3.63, 3.8) is 0 Å². The molecule has 0 atom stereocenters. The number of rotatable bonds is 5. The Morgan fingerprint density at radius 1 is 1.42 bits per heavy atom. The van der Waals surface area contributed by atoms with Crippen LogP contribution < -0.4 is 10.3 Å². The van der Waals surface area contributed by atoms with Crippen molar-refractivity contribution in [3.05, 3.63) is 27.6 Å². The molecule has 5 nitrogen and oxygen atoms in total. The number of nitrogens with one attached hydrogen (secondary N) is 2. The van der Waals surface area contributed by atoms with E-state index in [1.54, 1.807) is 0 Å². The second kappa shape index (κ2) is 6.16. The number of alkyl halides is 3.